The summed E-state index contributed by atoms with van der Waals surface area (Å²) in [4.78, 5) is 26.8. The fraction of sp³-hybridized carbons (Fsp3) is 0.273. The van der Waals surface area contributed by atoms with E-state index in [1.54, 1.807) is 19.9 Å². The van der Waals surface area contributed by atoms with E-state index in [1.165, 1.54) is 10.6 Å². The molecule has 1 N–H and O–H groups in total. The van der Waals surface area contributed by atoms with Crippen LogP contribution in [0.25, 0.3) is 0 Å². The zero-order chi connectivity index (χ0) is 13.3. The highest BCUT2D eigenvalue weighted by molar-refractivity contribution is 5.87. The number of carboxylic acid groups (broad SMARTS) is 1. The molecule has 0 aliphatic heterocycles. The van der Waals surface area contributed by atoms with Gasteiger partial charge in [-0.3, -0.25) is 4.79 Å². The Morgan fingerprint density at radius 1 is 1.44 bits per heavy atom. The van der Waals surface area contributed by atoms with E-state index in [1.807, 2.05) is 0 Å². The topological polar surface area (TPSA) is 98.2 Å². The Labute approximate surface area is 102 Å². The van der Waals surface area contributed by atoms with Crippen molar-refractivity contribution in [2.75, 3.05) is 0 Å². The minimum Gasteiger partial charge on any atom is -0.477 e. The van der Waals surface area contributed by atoms with Crippen molar-refractivity contribution in [1.82, 2.24) is 14.7 Å². The lowest BCUT2D eigenvalue weighted by Gasteiger charge is -2.07. The van der Waals surface area contributed by atoms with Crippen molar-refractivity contribution in [3.8, 4) is 0 Å². The van der Waals surface area contributed by atoms with Crippen LogP contribution in [0.5, 0.6) is 0 Å². The van der Waals surface area contributed by atoms with Crippen LogP contribution in [-0.4, -0.2) is 25.8 Å². The number of rotatable bonds is 3. The van der Waals surface area contributed by atoms with Crippen LogP contribution in [0.15, 0.2) is 21.5 Å². The van der Waals surface area contributed by atoms with Crippen LogP contribution >= 0.6 is 0 Å². The SMILES string of the molecule is Cc1nc(Cn2c(C)ccc(C(=O)O)c2=O)no1. The Bertz CT molecular complexity index is 657. The van der Waals surface area contributed by atoms with E-state index in [0.29, 0.717) is 17.4 Å². The van der Waals surface area contributed by atoms with Crippen LogP contribution in [0.4, 0.5) is 0 Å². The number of aromatic carboxylic acids is 1. The summed E-state index contributed by atoms with van der Waals surface area (Å²) < 4.78 is 6.10. The molecule has 18 heavy (non-hydrogen) atoms. The van der Waals surface area contributed by atoms with Gasteiger partial charge < -0.3 is 14.2 Å². The van der Waals surface area contributed by atoms with Crippen molar-refractivity contribution in [1.29, 1.82) is 0 Å². The lowest BCUT2D eigenvalue weighted by atomic mass is 10.2. The Morgan fingerprint density at radius 3 is 2.72 bits per heavy atom. The van der Waals surface area contributed by atoms with Gasteiger partial charge in [0.15, 0.2) is 5.82 Å². The zero-order valence-electron chi connectivity index (χ0n) is 9.88. The number of pyridine rings is 1. The van der Waals surface area contributed by atoms with E-state index in [0.717, 1.165) is 0 Å². The van der Waals surface area contributed by atoms with Crippen LogP contribution < -0.4 is 5.56 Å². The second-order valence-electron chi connectivity index (χ2n) is 3.81. The molecule has 2 aromatic rings. The highest BCUT2D eigenvalue weighted by Crippen LogP contribution is 2.03. The second-order valence-corrected chi connectivity index (χ2v) is 3.81. The predicted molar refractivity (Wildman–Crippen MR) is 60.5 cm³/mol. The molecule has 0 saturated carbocycles. The fourth-order valence-electron chi connectivity index (χ4n) is 1.58. The summed E-state index contributed by atoms with van der Waals surface area (Å²) in [6.07, 6.45) is 0. The molecule has 2 heterocycles. The monoisotopic (exact) mass is 249 g/mol. The lowest BCUT2D eigenvalue weighted by molar-refractivity contribution is 0.0694. The summed E-state index contributed by atoms with van der Waals surface area (Å²) >= 11 is 0. The Morgan fingerprint density at radius 2 is 2.17 bits per heavy atom. The van der Waals surface area contributed by atoms with Crippen LogP contribution in [-0.2, 0) is 6.54 Å². The standard InChI is InChI=1S/C11H11N3O4/c1-6-3-4-8(11(16)17)10(15)14(6)5-9-12-7(2)18-13-9/h3-4H,5H2,1-2H3,(H,16,17). The van der Waals surface area contributed by atoms with Gasteiger partial charge >= 0.3 is 5.97 Å². The third-order valence-electron chi connectivity index (χ3n) is 2.49. The van der Waals surface area contributed by atoms with Crippen molar-refractivity contribution in [3.63, 3.8) is 0 Å². The maximum Gasteiger partial charge on any atom is 0.341 e. The van der Waals surface area contributed by atoms with E-state index in [-0.39, 0.29) is 12.1 Å². The molecule has 0 amide bonds. The van der Waals surface area contributed by atoms with Crippen LogP contribution in [0.3, 0.4) is 0 Å². The van der Waals surface area contributed by atoms with Crippen molar-refractivity contribution in [2.24, 2.45) is 0 Å². The van der Waals surface area contributed by atoms with Crippen LogP contribution in [0.2, 0.25) is 0 Å². The Hall–Kier alpha value is -2.44. The number of aromatic nitrogens is 3. The summed E-state index contributed by atoms with van der Waals surface area (Å²) in [5.41, 5.74) is -0.224. The smallest absolute Gasteiger partial charge is 0.341 e. The third kappa shape index (κ3) is 2.15. The molecule has 0 saturated heterocycles. The molecule has 94 valence electrons. The number of hydrogen-bond acceptors (Lipinski definition) is 5. The molecule has 0 aliphatic rings. The molecule has 0 atom stereocenters. The summed E-state index contributed by atoms with van der Waals surface area (Å²) in [5, 5.41) is 12.6. The van der Waals surface area contributed by atoms with E-state index in [2.05, 4.69) is 10.1 Å². The van der Waals surface area contributed by atoms with Gasteiger partial charge in [-0.05, 0) is 19.1 Å². The maximum atomic E-state index is 11.9. The summed E-state index contributed by atoms with van der Waals surface area (Å²) in [6, 6.07) is 2.86. The van der Waals surface area contributed by atoms with Gasteiger partial charge in [0, 0.05) is 12.6 Å². The maximum absolute atomic E-state index is 11.9. The van der Waals surface area contributed by atoms with E-state index in [9.17, 15) is 9.59 Å². The number of hydrogen-bond donors (Lipinski definition) is 1. The largest absolute Gasteiger partial charge is 0.477 e. The van der Waals surface area contributed by atoms with Gasteiger partial charge in [0.05, 0.1) is 6.54 Å². The normalized spacial score (nSPS) is 10.6. The number of aryl methyl sites for hydroxylation is 2. The van der Waals surface area contributed by atoms with Gasteiger partial charge in [0.25, 0.3) is 5.56 Å². The first-order valence-corrected chi connectivity index (χ1v) is 5.22. The van der Waals surface area contributed by atoms with Gasteiger partial charge in [0.1, 0.15) is 5.56 Å². The minimum absolute atomic E-state index is 0.0864. The van der Waals surface area contributed by atoms with Crippen LogP contribution in [0, 0.1) is 13.8 Å². The van der Waals surface area contributed by atoms with E-state index >= 15 is 0 Å². The summed E-state index contributed by atoms with van der Waals surface area (Å²) in [5.74, 6) is -0.525. The Kier molecular flexibility index (Phi) is 2.97. The molecule has 2 rings (SSSR count). The first-order valence-electron chi connectivity index (χ1n) is 5.22. The van der Waals surface area contributed by atoms with Crippen molar-refractivity contribution < 1.29 is 14.4 Å². The van der Waals surface area contributed by atoms with Crippen molar-refractivity contribution in [2.45, 2.75) is 20.4 Å². The van der Waals surface area contributed by atoms with Crippen molar-refractivity contribution >= 4 is 5.97 Å². The van der Waals surface area contributed by atoms with Gasteiger partial charge in [0.2, 0.25) is 5.89 Å². The molecule has 7 heteroatoms. The second kappa shape index (κ2) is 4.44. The van der Waals surface area contributed by atoms with Gasteiger partial charge in [-0.25, -0.2) is 4.79 Å². The quantitative estimate of drug-likeness (QED) is 0.855. The third-order valence-corrected chi connectivity index (χ3v) is 2.49. The number of carbonyl (C=O) groups is 1. The molecule has 0 fully saturated rings. The fourth-order valence-corrected chi connectivity index (χ4v) is 1.58. The summed E-state index contributed by atoms with van der Waals surface area (Å²) in [7, 11) is 0. The molecule has 2 aromatic heterocycles. The zero-order valence-corrected chi connectivity index (χ0v) is 9.88. The molecule has 0 aliphatic carbocycles. The van der Waals surface area contributed by atoms with E-state index < -0.39 is 11.5 Å². The summed E-state index contributed by atoms with van der Waals surface area (Å²) in [6.45, 7) is 3.43. The molecule has 0 aromatic carbocycles. The first kappa shape index (κ1) is 12.0. The molecular weight excluding hydrogens is 238 g/mol. The number of nitrogens with zero attached hydrogens (tertiary/aromatic N) is 3. The van der Waals surface area contributed by atoms with Crippen molar-refractivity contribution in [3.05, 3.63) is 45.5 Å². The van der Waals surface area contributed by atoms with Gasteiger partial charge in [-0.1, -0.05) is 5.16 Å². The van der Waals surface area contributed by atoms with Gasteiger partial charge in [-0.15, -0.1) is 0 Å². The molecule has 0 radical (unpaired) electrons. The molecular formula is C11H11N3O4. The van der Waals surface area contributed by atoms with Crippen LogP contribution in [0.1, 0.15) is 27.8 Å². The molecule has 7 nitrogen and oxygen atoms in total. The Balaban J connectivity index is 2.47. The highest BCUT2D eigenvalue weighted by Gasteiger charge is 2.14. The van der Waals surface area contributed by atoms with Gasteiger partial charge in [-0.2, -0.15) is 4.98 Å². The molecule has 0 unspecified atom stereocenters. The first-order chi connectivity index (χ1) is 8.49. The molecule has 0 bridgehead atoms. The molecule has 0 spiro atoms. The predicted octanol–water partition coefficient (Wildman–Crippen LogP) is 0.595. The number of carboxylic acids is 1. The minimum atomic E-state index is -1.25. The average molecular weight is 249 g/mol. The van der Waals surface area contributed by atoms with E-state index in [4.69, 9.17) is 9.63 Å². The average Bonchev–Trinajstić information content (AvgIpc) is 2.69. The lowest BCUT2D eigenvalue weighted by Crippen LogP contribution is -2.28. The highest BCUT2D eigenvalue weighted by atomic mass is 16.5.